The Hall–Kier alpha value is -0.200. The second-order valence-electron chi connectivity index (χ2n) is 4.23. The Morgan fingerprint density at radius 2 is 1.79 bits per heavy atom. The van der Waals surface area contributed by atoms with Crippen molar-refractivity contribution in [3.63, 3.8) is 0 Å². The number of aliphatic hydroxyl groups is 4. The molecular formula is C9H17NO4. The zero-order valence-corrected chi connectivity index (χ0v) is 7.95. The Kier molecular flexibility index (Phi) is 2.77. The Bertz CT molecular complexity index is 213. The Morgan fingerprint density at radius 1 is 1.07 bits per heavy atom. The van der Waals surface area contributed by atoms with Crippen LogP contribution in [0.4, 0.5) is 0 Å². The van der Waals surface area contributed by atoms with Gasteiger partial charge in [-0.2, -0.15) is 0 Å². The monoisotopic (exact) mass is 203 g/mol. The van der Waals surface area contributed by atoms with Gasteiger partial charge in [0.1, 0.15) is 0 Å². The molecule has 5 atom stereocenters. The van der Waals surface area contributed by atoms with E-state index in [4.69, 9.17) is 5.11 Å². The van der Waals surface area contributed by atoms with Gasteiger partial charge in [0, 0.05) is 12.6 Å². The highest BCUT2D eigenvalue weighted by molar-refractivity contribution is 5.02. The molecule has 0 bridgehead atoms. The van der Waals surface area contributed by atoms with Crippen molar-refractivity contribution < 1.29 is 20.4 Å². The zero-order valence-electron chi connectivity index (χ0n) is 7.95. The summed E-state index contributed by atoms with van der Waals surface area (Å²) in [6, 6.07) is -0.439. The van der Waals surface area contributed by atoms with Gasteiger partial charge in [0.05, 0.1) is 31.0 Å². The number of hydrogen-bond acceptors (Lipinski definition) is 5. The van der Waals surface area contributed by atoms with Gasteiger partial charge in [-0.15, -0.1) is 0 Å². The molecule has 14 heavy (non-hydrogen) atoms. The average molecular weight is 203 g/mol. The number of rotatable bonds is 1. The van der Waals surface area contributed by atoms with E-state index in [1.807, 2.05) is 4.90 Å². The van der Waals surface area contributed by atoms with Crippen molar-refractivity contribution in [2.45, 2.75) is 43.2 Å². The van der Waals surface area contributed by atoms with Crippen LogP contribution in [0.2, 0.25) is 0 Å². The summed E-state index contributed by atoms with van der Waals surface area (Å²) in [6.07, 6.45) is -0.991. The zero-order chi connectivity index (χ0) is 10.3. The molecule has 2 heterocycles. The standard InChI is InChI=1S/C9H17NO4/c11-4-5-1-2-6(12)8-9(14)7(13)3-10(5)8/h5-9,11-14H,1-4H2/t5-,6+,7-,8-,9+/m0/s1. The molecule has 0 radical (unpaired) electrons. The quantitative estimate of drug-likeness (QED) is 0.393. The molecule has 2 aliphatic heterocycles. The highest BCUT2D eigenvalue weighted by Gasteiger charge is 2.48. The van der Waals surface area contributed by atoms with Gasteiger partial charge in [-0.3, -0.25) is 4.90 Å². The molecule has 0 aliphatic carbocycles. The van der Waals surface area contributed by atoms with Crippen molar-refractivity contribution in [1.29, 1.82) is 0 Å². The minimum atomic E-state index is -0.889. The molecule has 0 amide bonds. The molecule has 2 rings (SSSR count). The van der Waals surface area contributed by atoms with Crippen LogP contribution in [0.3, 0.4) is 0 Å². The SMILES string of the molecule is OC[C@@H]1CC[C@@H](O)[C@H]2[C@H](O)[C@@H](O)CN12. The van der Waals surface area contributed by atoms with Gasteiger partial charge >= 0.3 is 0 Å². The number of nitrogens with zero attached hydrogens (tertiary/aromatic N) is 1. The van der Waals surface area contributed by atoms with Crippen LogP contribution >= 0.6 is 0 Å². The summed E-state index contributed by atoms with van der Waals surface area (Å²) in [5.74, 6) is 0. The van der Waals surface area contributed by atoms with E-state index in [1.54, 1.807) is 0 Å². The maximum absolute atomic E-state index is 9.69. The first-order valence-corrected chi connectivity index (χ1v) is 5.06. The molecule has 5 heteroatoms. The van der Waals surface area contributed by atoms with E-state index in [2.05, 4.69) is 0 Å². The van der Waals surface area contributed by atoms with Crippen LogP contribution in [-0.2, 0) is 0 Å². The number of fused-ring (bicyclic) bond motifs is 1. The lowest BCUT2D eigenvalue weighted by molar-refractivity contribution is -0.0536. The first kappa shape index (κ1) is 10.3. The Morgan fingerprint density at radius 3 is 2.43 bits per heavy atom. The first-order chi connectivity index (χ1) is 6.65. The van der Waals surface area contributed by atoms with Crippen molar-refractivity contribution in [3.05, 3.63) is 0 Å². The van der Waals surface area contributed by atoms with E-state index in [0.29, 0.717) is 19.4 Å². The van der Waals surface area contributed by atoms with Crippen LogP contribution in [-0.4, -0.2) is 68.9 Å². The normalized spacial score (nSPS) is 49.3. The second kappa shape index (κ2) is 3.75. The third-order valence-corrected chi connectivity index (χ3v) is 3.39. The molecule has 0 unspecified atom stereocenters. The molecule has 0 spiro atoms. The first-order valence-electron chi connectivity index (χ1n) is 5.06. The maximum atomic E-state index is 9.69. The smallest absolute Gasteiger partial charge is 0.0991 e. The lowest BCUT2D eigenvalue weighted by Gasteiger charge is -2.40. The molecule has 82 valence electrons. The van der Waals surface area contributed by atoms with Gasteiger partial charge in [0.2, 0.25) is 0 Å². The summed E-state index contributed by atoms with van der Waals surface area (Å²) in [5.41, 5.74) is 0. The molecular weight excluding hydrogens is 186 g/mol. The van der Waals surface area contributed by atoms with Gasteiger partial charge in [0.25, 0.3) is 0 Å². The van der Waals surface area contributed by atoms with Crippen molar-refractivity contribution in [2.75, 3.05) is 13.2 Å². The summed E-state index contributed by atoms with van der Waals surface area (Å²) in [6.45, 7) is 0.358. The topological polar surface area (TPSA) is 84.2 Å². The minimum absolute atomic E-state index is 0.0165. The molecule has 0 aromatic carbocycles. The highest BCUT2D eigenvalue weighted by atomic mass is 16.3. The minimum Gasteiger partial charge on any atom is -0.395 e. The van der Waals surface area contributed by atoms with Crippen LogP contribution in [0, 0.1) is 0 Å². The van der Waals surface area contributed by atoms with E-state index >= 15 is 0 Å². The van der Waals surface area contributed by atoms with Crippen molar-refractivity contribution in [2.24, 2.45) is 0 Å². The van der Waals surface area contributed by atoms with Gasteiger partial charge in [-0.25, -0.2) is 0 Å². The molecule has 4 N–H and O–H groups in total. The summed E-state index contributed by atoms with van der Waals surface area (Å²) < 4.78 is 0. The van der Waals surface area contributed by atoms with Crippen molar-refractivity contribution in [1.82, 2.24) is 4.90 Å². The van der Waals surface area contributed by atoms with Crippen LogP contribution in [0.5, 0.6) is 0 Å². The fourth-order valence-corrected chi connectivity index (χ4v) is 2.61. The summed E-state index contributed by atoms with van der Waals surface area (Å²) in [4.78, 5) is 1.82. The van der Waals surface area contributed by atoms with E-state index in [-0.39, 0.29) is 12.6 Å². The van der Waals surface area contributed by atoms with E-state index in [9.17, 15) is 15.3 Å². The van der Waals surface area contributed by atoms with Crippen LogP contribution < -0.4 is 0 Å². The van der Waals surface area contributed by atoms with Gasteiger partial charge < -0.3 is 20.4 Å². The van der Waals surface area contributed by atoms with Gasteiger partial charge in [-0.05, 0) is 12.8 Å². The van der Waals surface area contributed by atoms with E-state index < -0.39 is 24.4 Å². The molecule has 0 aromatic rings. The predicted octanol–water partition coefficient (Wildman–Crippen LogP) is -2.09. The summed E-state index contributed by atoms with van der Waals surface area (Å²) in [5, 5.41) is 37.9. The molecule has 2 fully saturated rings. The van der Waals surface area contributed by atoms with Crippen LogP contribution in [0.1, 0.15) is 12.8 Å². The van der Waals surface area contributed by atoms with Crippen LogP contribution in [0.25, 0.3) is 0 Å². The molecule has 2 saturated heterocycles. The van der Waals surface area contributed by atoms with Gasteiger partial charge in [-0.1, -0.05) is 0 Å². The largest absolute Gasteiger partial charge is 0.395 e. The van der Waals surface area contributed by atoms with Crippen LogP contribution in [0.15, 0.2) is 0 Å². The summed E-state index contributed by atoms with van der Waals surface area (Å²) in [7, 11) is 0. The Balaban J connectivity index is 2.15. The third kappa shape index (κ3) is 1.45. The number of piperidine rings is 1. The predicted molar refractivity (Wildman–Crippen MR) is 48.6 cm³/mol. The lowest BCUT2D eigenvalue weighted by Crippen LogP contribution is -2.54. The molecule has 5 nitrogen and oxygen atoms in total. The molecule has 2 aliphatic rings. The lowest BCUT2D eigenvalue weighted by atomic mass is 9.93. The van der Waals surface area contributed by atoms with Gasteiger partial charge in [0.15, 0.2) is 0 Å². The molecule has 0 saturated carbocycles. The fourth-order valence-electron chi connectivity index (χ4n) is 2.61. The van der Waals surface area contributed by atoms with Crippen molar-refractivity contribution in [3.8, 4) is 0 Å². The van der Waals surface area contributed by atoms with E-state index in [1.165, 1.54) is 0 Å². The molecule has 0 aromatic heterocycles. The Labute approximate surface area is 82.6 Å². The van der Waals surface area contributed by atoms with E-state index in [0.717, 1.165) is 0 Å². The third-order valence-electron chi connectivity index (χ3n) is 3.39. The summed E-state index contributed by atoms with van der Waals surface area (Å²) >= 11 is 0. The maximum Gasteiger partial charge on any atom is 0.0991 e. The number of aliphatic hydroxyl groups excluding tert-OH is 4. The number of hydrogen-bond donors (Lipinski definition) is 4. The average Bonchev–Trinajstić information content (AvgIpc) is 2.45. The van der Waals surface area contributed by atoms with Crippen molar-refractivity contribution >= 4 is 0 Å². The second-order valence-corrected chi connectivity index (χ2v) is 4.23. The fraction of sp³-hybridized carbons (Fsp3) is 1.00. The highest BCUT2D eigenvalue weighted by Crippen LogP contribution is 2.31.